The van der Waals surface area contributed by atoms with E-state index >= 15 is 0 Å². The summed E-state index contributed by atoms with van der Waals surface area (Å²) in [5, 5.41) is 3.48. The third-order valence-corrected chi connectivity index (χ3v) is 8.54. The average molecular weight is 649 g/mol. The number of carbonyl (C=O) groups is 2. The monoisotopic (exact) mass is 647 g/mol. The first kappa shape index (κ1) is 31.6. The first-order chi connectivity index (χ1) is 18.9. The van der Waals surface area contributed by atoms with Crippen LogP contribution in [0.5, 0.6) is 0 Å². The number of rotatable bonds is 12. The highest BCUT2D eigenvalue weighted by molar-refractivity contribution is 9.10. The van der Waals surface area contributed by atoms with Crippen LogP contribution in [-0.4, -0.2) is 50.0 Å². The van der Waals surface area contributed by atoms with Crippen LogP contribution in [0.3, 0.4) is 0 Å². The number of sulfonamides is 1. The molecule has 2 amide bonds. The molecule has 3 aromatic carbocycles. The minimum atomic E-state index is -3.85. The highest BCUT2D eigenvalue weighted by atomic mass is 79.9. The Balaban J connectivity index is 2.07. The Kier molecular flexibility index (Phi) is 11.2. The van der Waals surface area contributed by atoms with Crippen LogP contribution in [0.4, 0.5) is 5.69 Å². The van der Waals surface area contributed by atoms with Crippen molar-refractivity contribution in [1.29, 1.82) is 0 Å². The second kappa shape index (κ2) is 14.1. The standard InChI is InChI=1S/C30H35BrClN3O4S/c1-5-22(3)33-30(37)28(18-23-9-7-6-8-10-23)34(19-24-11-13-25(31)14-12-24)29(36)20-35(40(4,38)39)27-16-15-26(32)17-21(27)2/h6-17,22,28H,5,18-20H2,1-4H3,(H,33,37)/t22-,28-/m1/s1. The molecule has 2 atom stereocenters. The lowest BCUT2D eigenvalue weighted by molar-refractivity contribution is -0.140. The molecule has 0 unspecified atom stereocenters. The molecule has 40 heavy (non-hydrogen) atoms. The highest BCUT2D eigenvalue weighted by Crippen LogP contribution is 2.26. The Morgan fingerprint density at radius 3 is 2.23 bits per heavy atom. The number of halogens is 2. The largest absolute Gasteiger partial charge is 0.352 e. The van der Waals surface area contributed by atoms with Gasteiger partial charge in [0.25, 0.3) is 0 Å². The number of amides is 2. The topological polar surface area (TPSA) is 86.8 Å². The fraction of sp³-hybridized carbons (Fsp3) is 0.333. The maximum atomic E-state index is 14.1. The minimum absolute atomic E-state index is 0.0976. The van der Waals surface area contributed by atoms with Gasteiger partial charge in [-0.2, -0.15) is 0 Å². The maximum Gasteiger partial charge on any atom is 0.244 e. The first-order valence-electron chi connectivity index (χ1n) is 13.0. The molecule has 0 bridgehead atoms. The number of benzene rings is 3. The lowest BCUT2D eigenvalue weighted by atomic mass is 10.0. The molecule has 0 aliphatic rings. The van der Waals surface area contributed by atoms with Crippen molar-refractivity contribution in [2.45, 2.75) is 52.2 Å². The van der Waals surface area contributed by atoms with Gasteiger partial charge in [0.1, 0.15) is 12.6 Å². The smallest absolute Gasteiger partial charge is 0.244 e. The molecule has 1 N–H and O–H groups in total. The van der Waals surface area contributed by atoms with E-state index in [-0.39, 0.29) is 24.9 Å². The summed E-state index contributed by atoms with van der Waals surface area (Å²) in [7, 11) is -3.85. The molecule has 7 nitrogen and oxygen atoms in total. The molecule has 0 radical (unpaired) electrons. The molecule has 0 aliphatic heterocycles. The van der Waals surface area contributed by atoms with Crippen molar-refractivity contribution in [3.63, 3.8) is 0 Å². The Morgan fingerprint density at radius 1 is 1.00 bits per heavy atom. The quantitative estimate of drug-likeness (QED) is 0.272. The van der Waals surface area contributed by atoms with Crippen LogP contribution in [0.1, 0.15) is 37.0 Å². The number of hydrogen-bond acceptors (Lipinski definition) is 4. The van der Waals surface area contributed by atoms with Gasteiger partial charge in [-0.1, -0.05) is 76.9 Å². The van der Waals surface area contributed by atoms with Gasteiger partial charge in [0, 0.05) is 28.5 Å². The second-order valence-electron chi connectivity index (χ2n) is 9.87. The van der Waals surface area contributed by atoms with Crippen molar-refractivity contribution in [3.8, 4) is 0 Å². The van der Waals surface area contributed by atoms with E-state index in [1.54, 1.807) is 25.1 Å². The molecule has 0 fully saturated rings. The van der Waals surface area contributed by atoms with E-state index in [0.29, 0.717) is 16.3 Å². The molecule has 0 heterocycles. The summed E-state index contributed by atoms with van der Waals surface area (Å²) in [6.45, 7) is 5.27. The van der Waals surface area contributed by atoms with Gasteiger partial charge in [-0.05, 0) is 67.3 Å². The van der Waals surface area contributed by atoms with E-state index < -0.39 is 28.5 Å². The van der Waals surface area contributed by atoms with Crippen LogP contribution in [0, 0.1) is 6.92 Å². The number of carbonyl (C=O) groups excluding carboxylic acids is 2. The van der Waals surface area contributed by atoms with E-state index in [1.165, 1.54) is 4.90 Å². The Bertz CT molecular complexity index is 1420. The zero-order valence-electron chi connectivity index (χ0n) is 23.1. The summed E-state index contributed by atoms with van der Waals surface area (Å²) in [6, 6.07) is 20.8. The summed E-state index contributed by atoms with van der Waals surface area (Å²) < 4.78 is 27.8. The van der Waals surface area contributed by atoms with Crippen LogP contribution in [-0.2, 0) is 32.6 Å². The SMILES string of the molecule is CC[C@@H](C)NC(=O)[C@@H](Cc1ccccc1)N(Cc1ccc(Br)cc1)C(=O)CN(c1ccc(Cl)cc1C)S(C)(=O)=O. The van der Waals surface area contributed by atoms with Crippen molar-refractivity contribution in [2.75, 3.05) is 17.1 Å². The van der Waals surface area contributed by atoms with E-state index in [1.807, 2.05) is 68.4 Å². The van der Waals surface area contributed by atoms with Gasteiger partial charge in [0.2, 0.25) is 21.8 Å². The fourth-order valence-electron chi connectivity index (χ4n) is 4.28. The highest BCUT2D eigenvalue weighted by Gasteiger charge is 2.33. The second-order valence-corrected chi connectivity index (χ2v) is 13.1. The third kappa shape index (κ3) is 8.81. The molecule has 0 aromatic heterocycles. The normalized spacial score (nSPS) is 12.8. The predicted molar refractivity (Wildman–Crippen MR) is 165 cm³/mol. The Hall–Kier alpha value is -2.88. The van der Waals surface area contributed by atoms with Gasteiger partial charge >= 0.3 is 0 Å². The number of aryl methyl sites for hydroxylation is 1. The first-order valence-corrected chi connectivity index (χ1v) is 16.0. The van der Waals surface area contributed by atoms with E-state index in [9.17, 15) is 18.0 Å². The predicted octanol–water partition coefficient (Wildman–Crippen LogP) is 5.73. The number of hydrogen-bond donors (Lipinski definition) is 1. The lowest BCUT2D eigenvalue weighted by Crippen LogP contribution is -2.54. The van der Waals surface area contributed by atoms with Crippen LogP contribution in [0.2, 0.25) is 5.02 Å². The number of anilines is 1. The van der Waals surface area contributed by atoms with Gasteiger partial charge in [-0.25, -0.2) is 8.42 Å². The van der Waals surface area contributed by atoms with Gasteiger partial charge in [-0.3, -0.25) is 13.9 Å². The molecule has 0 aliphatic carbocycles. The number of nitrogens with zero attached hydrogens (tertiary/aromatic N) is 2. The minimum Gasteiger partial charge on any atom is -0.352 e. The summed E-state index contributed by atoms with van der Waals surface area (Å²) in [5.74, 6) is -0.792. The van der Waals surface area contributed by atoms with Crippen molar-refractivity contribution in [1.82, 2.24) is 10.2 Å². The van der Waals surface area contributed by atoms with Gasteiger partial charge in [0.05, 0.1) is 11.9 Å². The summed E-state index contributed by atoms with van der Waals surface area (Å²) in [5.41, 5.74) is 2.65. The number of nitrogens with one attached hydrogen (secondary N) is 1. The molecule has 214 valence electrons. The van der Waals surface area contributed by atoms with Crippen molar-refractivity contribution in [2.24, 2.45) is 0 Å². The van der Waals surface area contributed by atoms with E-state index in [4.69, 9.17) is 11.6 Å². The molecule has 10 heteroatoms. The molecule has 0 saturated carbocycles. The van der Waals surface area contributed by atoms with Gasteiger partial charge < -0.3 is 10.2 Å². The van der Waals surface area contributed by atoms with E-state index in [0.717, 1.165) is 32.6 Å². The van der Waals surface area contributed by atoms with E-state index in [2.05, 4.69) is 21.2 Å². The van der Waals surface area contributed by atoms with Gasteiger partial charge in [0.15, 0.2) is 0 Å². The molecule has 0 spiro atoms. The van der Waals surface area contributed by atoms with Crippen LogP contribution >= 0.6 is 27.5 Å². The molecular formula is C30H35BrClN3O4S. The summed E-state index contributed by atoms with van der Waals surface area (Å²) >= 11 is 9.55. The fourth-order valence-corrected chi connectivity index (χ4v) is 5.67. The van der Waals surface area contributed by atoms with Crippen LogP contribution < -0.4 is 9.62 Å². The zero-order chi connectivity index (χ0) is 29.4. The zero-order valence-corrected chi connectivity index (χ0v) is 26.3. The summed E-state index contributed by atoms with van der Waals surface area (Å²) in [6.07, 6.45) is 2.05. The average Bonchev–Trinajstić information content (AvgIpc) is 2.90. The Labute approximate surface area is 250 Å². The molecule has 0 saturated heterocycles. The van der Waals surface area contributed by atoms with Crippen LogP contribution in [0.25, 0.3) is 0 Å². The Morgan fingerprint density at radius 2 is 1.65 bits per heavy atom. The molecule has 3 aromatic rings. The van der Waals surface area contributed by atoms with Crippen molar-refractivity contribution >= 4 is 55.1 Å². The van der Waals surface area contributed by atoms with Crippen molar-refractivity contribution in [3.05, 3.63) is 99.0 Å². The van der Waals surface area contributed by atoms with Gasteiger partial charge in [-0.15, -0.1) is 0 Å². The van der Waals surface area contributed by atoms with Crippen LogP contribution in [0.15, 0.2) is 77.3 Å². The molecular weight excluding hydrogens is 614 g/mol. The molecule has 3 rings (SSSR count). The van der Waals surface area contributed by atoms with Crippen molar-refractivity contribution < 1.29 is 18.0 Å². The third-order valence-electron chi connectivity index (χ3n) is 6.65. The summed E-state index contributed by atoms with van der Waals surface area (Å²) in [4.78, 5) is 29.3. The maximum absolute atomic E-state index is 14.1. The lowest BCUT2D eigenvalue weighted by Gasteiger charge is -2.34.